The van der Waals surface area contributed by atoms with Gasteiger partial charge in [0.05, 0.1) is 11.4 Å². The Balaban J connectivity index is 1.34. The Morgan fingerprint density at radius 3 is 2.92 bits per heavy atom. The molecule has 4 unspecified atom stereocenters. The number of tetrazole rings is 1. The van der Waals surface area contributed by atoms with Crippen LogP contribution in [0.4, 0.5) is 0 Å². The van der Waals surface area contributed by atoms with E-state index in [1.807, 2.05) is 31.2 Å². The van der Waals surface area contributed by atoms with Crippen molar-refractivity contribution in [3.63, 3.8) is 0 Å². The minimum atomic E-state index is 0.0598. The van der Waals surface area contributed by atoms with E-state index in [9.17, 15) is 4.79 Å². The minimum absolute atomic E-state index is 0.0598. The largest absolute Gasteiger partial charge is 0.353 e. The second-order valence-corrected chi connectivity index (χ2v) is 8.59. The zero-order chi connectivity index (χ0) is 18.1. The topological polar surface area (TPSA) is 72.7 Å². The number of hydrogen-bond donors (Lipinski definition) is 1. The lowest BCUT2D eigenvalue weighted by Gasteiger charge is -2.28. The van der Waals surface area contributed by atoms with Gasteiger partial charge in [-0.05, 0) is 72.9 Å². The molecule has 26 heavy (non-hydrogen) atoms. The number of benzene rings is 1. The molecular formula is C19H25N5OS. The van der Waals surface area contributed by atoms with Crippen LogP contribution in [-0.4, -0.2) is 37.9 Å². The fourth-order valence-corrected chi connectivity index (χ4v) is 5.36. The van der Waals surface area contributed by atoms with Crippen LogP contribution in [0.1, 0.15) is 38.2 Å². The van der Waals surface area contributed by atoms with E-state index >= 15 is 0 Å². The lowest BCUT2D eigenvalue weighted by Crippen LogP contribution is -2.40. The highest BCUT2D eigenvalue weighted by Gasteiger charge is 2.42. The number of amides is 1. The van der Waals surface area contributed by atoms with Gasteiger partial charge < -0.3 is 5.32 Å². The Morgan fingerprint density at radius 1 is 1.35 bits per heavy atom. The molecule has 0 spiro atoms. The molecule has 2 saturated carbocycles. The van der Waals surface area contributed by atoms with Gasteiger partial charge in [-0.25, -0.2) is 0 Å². The van der Waals surface area contributed by atoms with E-state index in [-0.39, 0.29) is 11.9 Å². The van der Waals surface area contributed by atoms with E-state index in [1.54, 1.807) is 4.68 Å². The summed E-state index contributed by atoms with van der Waals surface area (Å²) in [6.45, 7) is 4.18. The fraction of sp³-hybridized carbons (Fsp3) is 0.579. The summed E-state index contributed by atoms with van der Waals surface area (Å²) in [5, 5.41) is 15.8. The Bertz CT molecular complexity index is 792. The molecule has 4 rings (SSSR count). The third-order valence-electron chi connectivity index (χ3n) is 5.94. The van der Waals surface area contributed by atoms with Gasteiger partial charge in [0.2, 0.25) is 11.1 Å². The van der Waals surface area contributed by atoms with Crippen LogP contribution in [0, 0.1) is 24.7 Å². The van der Waals surface area contributed by atoms with E-state index in [0.717, 1.165) is 23.1 Å². The summed E-state index contributed by atoms with van der Waals surface area (Å²) in [4.78, 5) is 12.4. The zero-order valence-electron chi connectivity index (χ0n) is 15.3. The first-order valence-corrected chi connectivity index (χ1v) is 10.4. The van der Waals surface area contributed by atoms with Crippen molar-refractivity contribution in [1.82, 2.24) is 25.5 Å². The molecule has 1 heterocycles. The molecule has 138 valence electrons. The summed E-state index contributed by atoms with van der Waals surface area (Å²) in [6, 6.07) is 8.20. The van der Waals surface area contributed by atoms with Crippen LogP contribution in [0.15, 0.2) is 29.4 Å². The van der Waals surface area contributed by atoms with Crippen molar-refractivity contribution in [3.8, 4) is 5.69 Å². The Hall–Kier alpha value is -1.89. The lowest BCUT2D eigenvalue weighted by molar-refractivity contribution is -0.119. The quantitative estimate of drug-likeness (QED) is 0.790. The number of carbonyl (C=O) groups is 1. The molecule has 2 aliphatic carbocycles. The molecule has 1 aromatic carbocycles. The molecule has 1 amide bonds. The van der Waals surface area contributed by atoms with Crippen molar-refractivity contribution in [3.05, 3.63) is 29.8 Å². The summed E-state index contributed by atoms with van der Waals surface area (Å²) in [5.74, 6) is 2.76. The molecule has 4 atom stereocenters. The van der Waals surface area contributed by atoms with Crippen LogP contribution < -0.4 is 5.32 Å². The van der Waals surface area contributed by atoms with Gasteiger partial charge >= 0.3 is 0 Å². The van der Waals surface area contributed by atoms with Crippen LogP contribution in [0.2, 0.25) is 0 Å². The molecule has 2 bridgehead atoms. The number of aromatic nitrogens is 4. The highest BCUT2D eigenvalue weighted by atomic mass is 32.2. The van der Waals surface area contributed by atoms with Crippen LogP contribution >= 0.6 is 11.8 Å². The standard InChI is InChI=1S/C19H25N5OS/c1-12-5-3-4-6-17(12)24-19(21-22-23-24)26-11-18(25)20-13(2)16-10-14-7-8-15(16)9-14/h3-6,13-16H,7-11H2,1-2H3,(H,20,25). The maximum absolute atomic E-state index is 12.4. The number of aryl methyl sites for hydroxylation is 1. The number of nitrogens with one attached hydrogen (secondary N) is 1. The number of hydrogen-bond acceptors (Lipinski definition) is 5. The van der Waals surface area contributed by atoms with E-state index in [0.29, 0.717) is 16.8 Å². The molecule has 7 heteroatoms. The second-order valence-electron chi connectivity index (χ2n) is 7.64. The van der Waals surface area contributed by atoms with Gasteiger partial charge in [0.15, 0.2) is 0 Å². The predicted octanol–water partition coefficient (Wildman–Crippen LogP) is 3.00. The molecule has 0 radical (unpaired) electrons. The van der Waals surface area contributed by atoms with Crippen molar-refractivity contribution < 1.29 is 4.79 Å². The minimum Gasteiger partial charge on any atom is -0.353 e. The number of nitrogens with zero attached hydrogens (tertiary/aromatic N) is 4. The summed E-state index contributed by atoms with van der Waals surface area (Å²) in [5.41, 5.74) is 2.03. The van der Waals surface area contributed by atoms with Gasteiger partial charge in [-0.2, -0.15) is 4.68 Å². The van der Waals surface area contributed by atoms with Gasteiger partial charge in [0.25, 0.3) is 0 Å². The molecule has 0 aliphatic heterocycles. The van der Waals surface area contributed by atoms with Crippen molar-refractivity contribution in [2.24, 2.45) is 17.8 Å². The van der Waals surface area contributed by atoms with Crippen LogP contribution in [0.3, 0.4) is 0 Å². The molecule has 1 aromatic heterocycles. The predicted molar refractivity (Wildman–Crippen MR) is 101 cm³/mol. The Labute approximate surface area is 158 Å². The molecule has 2 aliphatic rings. The second kappa shape index (κ2) is 7.39. The third-order valence-corrected chi connectivity index (χ3v) is 6.86. The highest BCUT2D eigenvalue weighted by molar-refractivity contribution is 7.99. The van der Waals surface area contributed by atoms with E-state index < -0.39 is 0 Å². The maximum atomic E-state index is 12.4. The van der Waals surface area contributed by atoms with Gasteiger partial charge in [0, 0.05) is 6.04 Å². The first-order chi connectivity index (χ1) is 12.6. The zero-order valence-corrected chi connectivity index (χ0v) is 16.1. The van der Waals surface area contributed by atoms with E-state index in [1.165, 1.54) is 37.4 Å². The third kappa shape index (κ3) is 3.49. The molecular weight excluding hydrogens is 346 g/mol. The van der Waals surface area contributed by atoms with Crippen molar-refractivity contribution >= 4 is 17.7 Å². The summed E-state index contributed by atoms with van der Waals surface area (Å²) in [6.07, 6.45) is 5.38. The Morgan fingerprint density at radius 2 is 2.19 bits per heavy atom. The number of carbonyl (C=O) groups excluding carboxylic acids is 1. The van der Waals surface area contributed by atoms with Gasteiger partial charge in [-0.3, -0.25) is 4.79 Å². The average Bonchev–Trinajstić information content (AvgIpc) is 3.37. The normalized spacial score (nSPS) is 25.4. The maximum Gasteiger partial charge on any atom is 0.230 e. The van der Waals surface area contributed by atoms with Crippen LogP contribution in [0.5, 0.6) is 0 Å². The number of para-hydroxylation sites is 1. The SMILES string of the molecule is Cc1ccccc1-n1nnnc1SCC(=O)NC(C)C1CC2CCC1C2. The van der Waals surface area contributed by atoms with Gasteiger partial charge in [0.1, 0.15) is 0 Å². The summed E-state index contributed by atoms with van der Waals surface area (Å²) in [7, 11) is 0. The van der Waals surface area contributed by atoms with Crippen molar-refractivity contribution in [2.45, 2.75) is 50.7 Å². The first-order valence-electron chi connectivity index (χ1n) is 9.38. The fourth-order valence-electron chi connectivity index (χ4n) is 4.66. The number of fused-ring (bicyclic) bond motifs is 2. The molecule has 6 nitrogen and oxygen atoms in total. The van der Waals surface area contributed by atoms with Gasteiger partial charge in [-0.1, -0.05) is 36.4 Å². The molecule has 0 saturated heterocycles. The number of thioether (sulfide) groups is 1. The average molecular weight is 372 g/mol. The summed E-state index contributed by atoms with van der Waals surface area (Å²) >= 11 is 1.38. The van der Waals surface area contributed by atoms with Crippen LogP contribution in [-0.2, 0) is 4.79 Å². The highest BCUT2D eigenvalue weighted by Crippen LogP contribution is 2.49. The molecule has 2 aromatic rings. The first kappa shape index (κ1) is 17.5. The lowest BCUT2D eigenvalue weighted by atomic mass is 9.84. The van der Waals surface area contributed by atoms with E-state index in [2.05, 4.69) is 27.8 Å². The van der Waals surface area contributed by atoms with Crippen molar-refractivity contribution in [2.75, 3.05) is 5.75 Å². The molecule has 2 fully saturated rings. The monoisotopic (exact) mass is 371 g/mol. The smallest absolute Gasteiger partial charge is 0.230 e. The molecule has 1 N–H and O–H groups in total. The summed E-state index contributed by atoms with van der Waals surface area (Å²) < 4.78 is 1.70. The number of rotatable bonds is 6. The van der Waals surface area contributed by atoms with E-state index in [4.69, 9.17) is 0 Å². The van der Waals surface area contributed by atoms with Crippen molar-refractivity contribution in [1.29, 1.82) is 0 Å². The van der Waals surface area contributed by atoms with Crippen LogP contribution in [0.25, 0.3) is 5.69 Å². The Kier molecular flexibility index (Phi) is 4.98. The van der Waals surface area contributed by atoms with Gasteiger partial charge in [-0.15, -0.1) is 5.10 Å².